The van der Waals surface area contributed by atoms with Crippen molar-refractivity contribution in [1.82, 2.24) is 20.5 Å². The largest absolute Gasteiger partial charge is 0.497 e. The van der Waals surface area contributed by atoms with Crippen molar-refractivity contribution < 1.29 is 9.53 Å². The Morgan fingerprint density at radius 3 is 2.88 bits per heavy atom. The van der Waals surface area contributed by atoms with Gasteiger partial charge < -0.3 is 10.1 Å². The molecule has 0 radical (unpaired) electrons. The highest BCUT2D eigenvalue weighted by molar-refractivity contribution is 7.11. The first-order chi connectivity index (χ1) is 11.6. The number of carbonyl (C=O) groups is 1. The standard InChI is InChI=1S/C17H18N4O2S/c1-10-16(24-11(2)19-10)9-18-17(22)15-8-14(20-21-15)12-5-4-6-13(7-12)23-3/h4-8H,9H2,1-3H3,(H,18,22)(H,20,21). The molecule has 3 rings (SSSR count). The molecule has 0 aliphatic rings. The second-order valence-corrected chi connectivity index (χ2v) is 6.61. The summed E-state index contributed by atoms with van der Waals surface area (Å²) in [6.45, 7) is 4.37. The molecule has 0 aliphatic heterocycles. The molecular formula is C17H18N4O2S. The van der Waals surface area contributed by atoms with E-state index < -0.39 is 0 Å². The molecule has 0 unspecified atom stereocenters. The summed E-state index contributed by atoms with van der Waals surface area (Å²) in [7, 11) is 1.62. The van der Waals surface area contributed by atoms with Crippen molar-refractivity contribution in [3.8, 4) is 17.0 Å². The Balaban J connectivity index is 1.70. The van der Waals surface area contributed by atoms with Crippen LogP contribution in [0.2, 0.25) is 0 Å². The third-order valence-electron chi connectivity index (χ3n) is 3.60. The Hall–Kier alpha value is -2.67. The fraction of sp³-hybridized carbons (Fsp3) is 0.235. The second kappa shape index (κ2) is 6.84. The van der Waals surface area contributed by atoms with Crippen LogP contribution in [0.4, 0.5) is 0 Å². The van der Waals surface area contributed by atoms with Crippen LogP contribution in [0.5, 0.6) is 5.75 Å². The fourth-order valence-corrected chi connectivity index (χ4v) is 3.24. The monoisotopic (exact) mass is 342 g/mol. The van der Waals surface area contributed by atoms with Crippen LogP contribution in [-0.2, 0) is 6.54 Å². The quantitative estimate of drug-likeness (QED) is 0.747. The Labute approximate surface area is 143 Å². The maximum atomic E-state index is 12.3. The van der Waals surface area contributed by atoms with Gasteiger partial charge in [0.25, 0.3) is 5.91 Å². The highest BCUT2D eigenvalue weighted by atomic mass is 32.1. The van der Waals surface area contributed by atoms with Crippen molar-refractivity contribution in [1.29, 1.82) is 0 Å². The van der Waals surface area contributed by atoms with Gasteiger partial charge in [0.1, 0.15) is 11.4 Å². The first-order valence-corrected chi connectivity index (χ1v) is 8.29. The topological polar surface area (TPSA) is 79.9 Å². The predicted molar refractivity (Wildman–Crippen MR) is 93.3 cm³/mol. The van der Waals surface area contributed by atoms with Gasteiger partial charge in [-0.25, -0.2) is 4.98 Å². The predicted octanol–water partition coefficient (Wildman–Crippen LogP) is 3.09. The smallest absolute Gasteiger partial charge is 0.269 e. The molecule has 0 fully saturated rings. The van der Waals surface area contributed by atoms with Crippen LogP contribution in [0.3, 0.4) is 0 Å². The van der Waals surface area contributed by atoms with E-state index >= 15 is 0 Å². The number of nitrogens with one attached hydrogen (secondary N) is 2. The maximum absolute atomic E-state index is 12.3. The number of aromatic nitrogens is 3. The summed E-state index contributed by atoms with van der Waals surface area (Å²) >= 11 is 1.59. The molecule has 1 aromatic carbocycles. The van der Waals surface area contributed by atoms with Crippen LogP contribution < -0.4 is 10.1 Å². The Kier molecular flexibility index (Phi) is 4.61. The molecule has 124 valence electrons. The number of hydrogen-bond donors (Lipinski definition) is 2. The maximum Gasteiger partial charge on any atom is 0.269 e. The van der Waals surface area contributed by atoms with Gasteiger partial charge >= 0.3 is 0 Å². The summed E-state index contributed by atoms with van der Waals surface area (Å²) in [6.07, 6.45) is 0. The number of amides is 1. The minimum atomic E-state index is -0.193. The van der Waals surface area contributed by atoms with Crippen LogP contribution >= 0.6 is 11.3 Å². The molecule has 0 spiro atoms. The van der Waals surface area contributed by atoms with Crippen molar-refractivity contribution >= 4 is 17.2 Å². The van der Waals surface area contributed by atoms with Crippen molar-refractivity contribution in [3.05, 3.63) is 51.6 Å². The van der Waals surface area contributed by atoms with Gasteiger partial charge in [-0.1, -0.05) is 12.1 Å². The number of ether oxygens (including phenoxy) is 1. The molecule has 7 heteroatoms. The number of aromatic amines is 1. The fourth-order valence-electron chi connectivity index (χ4n) is 2.36. The van der Waals surface area contributed by atoms with E-state index in [0.29, 0.717) is 17.9 Å². The zero-order valence-electron chi connectivity index (χ0n) is 13.7. The van der Waals surface area contributed by atoms with Gasteiger partial charge in [-0.3, -0.25) is 9.89 Å². The van der Waals surface area contributed by atoms with Crippen molar-refractivity contribution in [2.45, 2.75) is 20.4 Å². The third-order valence-corrected chi connectivity index (χ3v) is 4.67. The minimum absolute atomic E-state index is 0.193. The molecule has 2 N–H and O–H groups in total. The lowest BCUT2D eigenvalue weighted by Gasteiger charge is -2.02. The number of aryl methyl sites for hydroxylation is 2. The van der Waals surface area contributed by atoms with E-state index in [1.165, 1.54) is 0 Å². The summed E-state index contributed by atoms with van der Waals surface area (Å²) in [5, 5.41) is 10.9. The van der Waals surface area contributed by atoms with E-state index in [9.17, 15) is 4.79 Å². The van der Waals surface area contributed by atoms with E-state index in [1.807, 2.05) is 38.1 Å². The average molecular weight is 342 g/mol. The van der Waals surface area contributed by atoms with Gasteiger partial charge in [-0.15, -0.1) is 11.3 Å². The molecule has 2 heterocycles. The highest BCUT2D eigenvalue weighted by Gasteiger charge is 2.13. The average Bonchev–Trinajstić information content (AvgIpc) is 3.19. The first-order valence-electron chi connectivity index (χ1n) is 7.47. The Morgan fingerprint density at radius 1 is 1.33 bits per heavy atom. The number of methoxy groups -OCH3 is 1. The highest BCUT2D eigenvalue weighted by Crippen LogP contribution is 2.22. The summed E-state index contributed by atoms with van der Waals surface area (Å²) in [6, 6.07) is 9.28. The van der Waals surface area contributed by atoms with Crippen LogP contribution in [0, 0.1) is 13.8 Å². The van der Waals surface area contributed by atoms with Crippen LogP contribution in [0.25, 0.3) is 11.3 Å². The number of hydrogen-bond acceptors (Lipinski definition) is 5. The first kappa shape index (κ1) is 16.2. The zero-order valence-corrected chi connectivity index (χ0v) is 14.5. The number of benzene rings is 1. The molecular weight excluding hydrogens is 324 g/mol. The van der Waals surface area contributed by atoms with Crippen molar-refractivity contribution in [2.75, 3.05) is 7.11 Å². The summed E-state index contributed by atoms with van der Waals surface area (Å²) in [5.74, 6) is 0.555. The van der Waals surface area contributed by atoms with Gasteiger partial charge in [0.15, 0.2) is 0 Å². The summed E-state index contributed by atoms with van der Waals surface area (Å²) in [5.41, 5.74) is 2.97. The zero-order chi connectivity index (χ0) is 17.1. The molecule has 0 aliphatic carbocycles. The summed E-state index contributed by atoms with van der Waals surface area (Å²) < 4.78 is 5.21. The van der Waals surface area contributed by atoms with Crippen molar-refractivity contribution in [3.63, 3.8) is 0 Å². The second-order valence-electron chi connectivity index (χ2n) is 5.32. The van der Waals surface area contributed by atoms with Gasteiger partial charge in [0, 0.05) is 10.4 Å². The van der Waals surface area contributed by atoms with E-state index in [1.54, 1.807) is 24.5 Å². The van der Waals surface area contributed by atoms with Gasteiger partial charge in [-0.05, 0) is 32.0 Å². The molecule has 0 bridgehead atoms. The Bertz CT molecular complexity index is 869. The molecule has 0 atom stereocenters. The number of thiazole rings is 1. The minimum Gasteiger partial charge on any atom is -0.497 e. The molecule has 6 nitrogen and oxygen atoms in total. The number of rotatable bonds is 5. The Morgan fingerprint density at radius 2 is 2.17 bits per heavy atom. The lowest BCUT2D eigenvalue weighted by molar-refractivity contribution is 0.0946. The van der Waals surface area contributed by atoms with Gasteiger partial charge in [0.05, 0.1) is 30.1 Å². The third kappa shape index (κ3) is 3.46. The van der Waals surface area contributed by atoms with E-state index in [-0.39, 0.29) is 5.91 Å². The lowest BCUT2D eigenvalue weighted by Crippen LogP contribution is -2.23. The van der Waals surface area contributed by atoms with Crippen LogP contribution in [0.1, 0.15) is 26.1 Å². The number of carbonyl (C=O) groups excluding carboxylic acids is 1. The van der Waals surface area contributed by atoms with Crippen LogP contribution in [0.15, 0.2) is 30.3 Å². The van der Waals surface area contributed by atoms with E-state index in [4.69, 9.17) is 4.74 Å². The lowest BCUT2D eigenvalue weighted by atomic mass is 10.1. The molecule has 3 aromatic rings. The van der Waals surface area contributed by atoms with Crippen molar-refractivity contribution in [2.24, 2.45) is 0 Å². The van der Waals surface area contributed by atoms with Gasteiger partial charge in [-0.2, -0.15) is 5.10 Å². The molecule has 24 heavy (non-hydrogen) atoms. The normalized spacial score (nSPS) is 10.6. The molecule has 0 saturated heterocycles. The van der Waals surface area contributed by atoms with E-state index in [2.05, 4.69) is 20.5 Å². The molecule has 0 saturated carbocycles. The summed E-state index contributed by atoms with van der Waals surface area (Å²) in [4.78, 5) is 17.7. The number of nitrogens with zero attached hydrogens (tertiary/aromatic N) is 2. The van der Waals surface area contributed by atoms with Gasteiger partial charge in [0.2, 0.25) is 0 Å². The molecule has 2 aromatic heterocycles. The van der Waals surface area contributed by atoms with E-state index in [0.717, 1.165) is 26.9 Å². The molecule has 1 amide bonds. The number of H-pyrrole nitrogens is 1. The van der Waals surface area contributed by atoms with Crippen LogP contribution in [-0.4, -0.2) is 28.2 Å². The SMILES string of the molecule is COc1cccc(-c2cc(C(=O)NCc3sc(C)nc3C)[nH]n2)c1.